The molecular formula is C29H39N5O6. The highest BCUT2D eigenvalue weighted by Gasteiger charge is 2.30. The van der Waals surface area contributed by atoms with Gasteiger partial charge in [0.2, 0.25) is 17.7 Å². The van der Waals surface area contributed by atoms with Crippen LogP contribution in [-0.4, -0.2) is 79.0 Å². The van der Waals surface area contributed by atoms with Gasteiger partial charge in [-0.2, -0.15) is 0 Å². The molecule has 216 valence electrons. The van der Waals surface area contributed by atoms with Crippen molar-refractivity contribution in [2.75, 3.05) is 33.4 Å². The van der Waals surface area contributed by atoms with Crippen LogP contribution in [0.2, 0.25) is 0 Å². The maximum Gasteiger partial charge on any atom is 0.258 e. The van der Waals surface area contributed by atoms with Gasteiger partial charge in [0.05, 0.1) is 13.2 Å². The largest absolute Gasteiger partial charge is 0.484 e. The molecule has 2 atom stereocenters. The minimum Gasteiger partial charge on any atom is -0.484 e. The molecule has 2 bridgehead atoms. The summed E-state index contributed by atoms with van der Waals surface area (Å²) < 4.78 is 10.8. The van der Waals surface area contributed by atoms with E-state index in [0.717, 1.165) is 16.8 Å². The van der Waals surface area contributed by atoms with E-state index in [1.165, 1.54) is 12.0 Å². The molecule has 40 heavy (non-hydrogen) atoms. The molecule has 2 aliphatic rings. The zero-order chi connectivity index (χ0) is 29.1. The molecule has 0 spiro atoms. The van der Waals surface area contributed by atoms with Gasteiger partial charge in [-0.25, -0.2) is 0 Å². The number of carbonyl (C=O) groups is 4. The first kappa shape index (κ1) is 30.6. The zero-order valence-corrected chi connectivity index (χ0v) is 23.6. The lowest BCUT2D eigenvalue weighted by atomic mass is 10.0. The van der Waals surface area contributed by atoms with Crippen LogP contribution in [0.4, 0.5) is 0 Å². The molecule has 0 saturated carbocycles. The van der Waals surface area contributed by atoms with Gasteiger partial charge in [0.15, 0.2) is 6.61 Å². The summed E-state index contributed by atoms with van der Waals surface area (Å²) in [7, 11) is 1.50. The van der Waals surface area contributed by atoms with Crippen molar-refractivity contribution in [3.8, 4) is 5.75 Å². The van der Waals surface area contributed by atoms with Crippen LogP contribution in [0.5, 0.6) is 5.75 Å². The summed E-state index contributed by atoms with van der Waals surface area (Å²) >= 11 is 0. The number of carbonyl (C=O) groups excluding carboxylic acids is 4. The topological polar surface area (TPSA) is 139 Å². The van der Waals surface area contributed by atoms with Crippen molar-refractivity contribution < 1.29 is 28.7 Å². The van der Waals surface area contributed by atoms with Crippen LogP contribution in [-0.2, 0) is 36.9 Å². The summed E-state index contributed by atoms with van der Waals surface area (Å²) in [6.07, 6.45) is 2.27. The SMILES string of the molecule is COCCN1CC(=O)N[C@H](C(=O)NCc2ccnc(C)c2)Cc2ccc(cc2)OCC(=O)N[C@@H](CC(C)C)C1=O. The van der Waals surface area contributed by atoms with E-state index in [1.54, 1.807) is 30.5 Å². The number of benzene rings is 1. The van der Waals surface area contributed by atoms with Crippen LogP contribution in [0.1, 0.15) is 37.1 Å². The van der Waals surface area contributed by atoms with Crippen molar-refractivity contribution in [1.29, 1.82) is 0 Å². The number of nitrogens with zero attached hydrogens (tertiary/aromatic N) is 2. The number of aryl methyl sites for hydroxylation is 1. The summed E-state index contributed by atoms with van der Waals surface area (Å²) in [6, 6.07) is 8.93. The van der Waals surface area contributed by atoms with Gasteiger partial charge in [-0.05, 0) is 54.7 Å². The Morgan fingerprint density at radius 2 is 1.90 bits per heavy atom. The van der Waals surface area contributed by atoms with Crippen LogP contribution in [0.15, 0.2) is 42.6 Å². The Labute approximate surface area is 235 Å². The highest BCUT2D eigenvalue weighted by Crippen LogP contribution is 2.15. The maximum absolute atomic E-state index is 13.5. The fraction of sp³-hybridized carbons (Fsp3) is 0.483. The van der Waals surface area contributed by atoms with Crippen LogP contribution in [0.3, 0.4) is 0 Å². The van der Waals surface area contributed by atoms with Crippen molar-refractivity contribution in [2.45, 2.75) is 52.2 Å². The van der Waals surface area contributed by atoms with E-state index in [0.29, 0.717) is 12.2 Å². The second-order valence-corrected chi connectivity index (χ2v) is 10.3. The lowest BCUT2D eigenvalue weighted by Crippen LogP contribution is -2.55. The molecule has 2 aliphatic heterocycles. The summed E-state index contributed by atoms with van der Waals surface area (Å²) in [4.78, 5) is 58.2. The van der Waals surface area contributed by atoms with Gasteiger partial charge < -0.3 is 30.3 Å². The number of pyridine rings is 1. The predicted molar refractivity (Wildman–Crippen MR) is 148 cm³/mol. The third-order valence-corrected chi connectivity index (χ3v) is 6.36. The summed E-state index contributed by atoms with van der Waals surface area (Å²) in [5.41, 5.74) is 2.50. The summed E-state index contributed by atoms with van der Waals surface area (Å²) in [5.74, 6) is -1.12. The molecule has 3 N–H and O–H groups in total. The molecule has 0 aliphatic carbocycles. The molecule has 11 nitrogen and oxygen atoms in total. The van der Waals surface area contributed by atoms with Crippen molar-refractivity contribution in [3.05, 3.63) is 59.4 Å². The zero-order valence-electron chi connectivity index (χ0n) is 23.6. The number of hydrogen-bond acceptors (Lipinski definition) is 7. The molecule has 0 unspecified atom stereocenters. The Bertz CT molecular complexity index is 1170. The predicted octanol–water partition coefficient (Wildman–Crippen LogP) is 1.13. The molecule has 1 aromatic heterocycles. The average molecular weight is 554 g/mol. The van der Waals surface area contributed by atoms with E-state index in [9.17, 15) is 19.2 Å². The first-order valence-corrected chi connectivity index (χ1v) is 13.4. The molecular weight excluding hydrogens is 514 g/mol. The fourth-order valence-corrected chi connectivity index (χ4v) is 4.37. The van der Waals surface area contributed by atoms with Crippen LogP contribution in [0.25, 0.3) is 0 Å². The van der Waals surface area contributed by atoms with Crippen molar-refractivity contribution in [2.24, 2.45) is 5.92 Å². The van der Waals surface area contributed by atoms with E-state index in [4.69, 9.17) is 9.47 Å². The van der Waals surface area contributed by atoms with Gasteiger partial charge in [-0.1, -0.05) is 26.0 Å². The number of nitrogens with one attached hydrogen (secondary N) is 3. The van der Waals surface area contributed by atoms with E-state index in [1.807, 2.05) is 32.9 Å². The molecule has 0 fully saturated rings. The molecule has 4 rings (SSSR count). The first-order chi connectivity index (χ1) is 19.1. The number of rotatable bonds is 8. The van der Waals surface area contributed by atoms with Crippen LogP contribution < -0.4 is 20.7 Å². The van der Waals surface area contributed by atoms with Crippen molar-refractivity contribution in [3.63, 3.8) is 0 Å². The second-order valence-electron chi connectivity index (χ2n) is 10.3. The third-order valence-electron chi connectivity index (χ3n) is 6.36. The number of methoxy groups -OCH3 is 1. The lowest BCUT2D eigenvalue weighted by Gasteiger charge is -2.29. The quantitative estimate of drug-likeness (QED) is 0.417. The van der Waals surface area contributed by atoms with Gasteiger partial charge >= 0.3 is 0 Å². The molecule has 1 aromatic carbocycles. The Kier molecular flexibility index (Phi) is 11.4. The number of ether oxygens (including phenoxy) is 2. The number of hydrogen-bond donors (Lipinski definition) is 3. The number of aromatic nitrogens is 1. The normalized spacial score (nSPS) is 18.7. The van der Waals surface area contributed by atoms with Crippen molar-refractivity contribution in [1.82, 2.24) is 25.8 Å². The summed E-state index contributed by atoms with van der Waals surface area (Å²) in [6.45, 7) is 5.81. The third kappa shape index (κ3) is 9.64. The number of amides is 4. The number of fused-ring (bicyclic) bond motifs is 13. The Hall–Kier alpha value is -3.99. The highest BCUT2D eigenvalue weighted by atomic mass is 16.5. The van der Waals surface area contributed by atoms with E-state index in [-0.39, 0.29) is 51.1 Å². The van der Waals surface area contributed by atoms with Crippen LogP contribution >= 0.6 is 0 Å². The molecule has 3 heterocycles. The fourth-order valence-electron chi connectivity index (χ4n) is 4.37. The highest BCUT2D eigenvalue weighted by molar-refractivity contribution is 5.93. The van der Waals surface area contributed by atoms with E-state index >= 15 is 0 Å². The maximum atomic E-state index is 13.5. The molecule has 0 saturated heterocycles. The van der Waals surface area contributed by atoms with Gasteiger partial charge in [-0.15, -0.1) is 0 Å². The summed E-state index contributed by atoms with van der Waals surface area (Å²) in [5, 5.41) is 8.46. The minimum atomic E-state index is -0.888. The van der Waals surface area contributed by atoms with E-state index in [2.05, 4.69) is 20.9 Å². The van der Waals surface area contributed by atoms with Crippen LogP contribution in [0, 0.1) is 12.8 Å². The van der Waals surface area contributed by atoms with Gasteiger partial charge in [0.1, 0.15) is 17.8 Å². The van der Waals surface area contributed by atoms with Gasteiger partial charge in [0, 0.05) is 38.5 Å². The Morgan fingerprint density at radius 1 is 1.15 bits per heavy atom. The molecule has 4 amide bonds. The standard InChI is InChI=1S/C29H39N5O6/c1-19(2)13-25-29(38)34(11-12-39-4)17-26(35)32-24(28(37)31-16-22-9-10-30-20(3)14-22)15-21-5-7-23(8-6-21)40-18-27(36)33-25/h5-10,14,19,24-25H,11-13,15-18H2,1-4H3,(H,31,37)(H,32,35)(H,33,36)/t24-,25-/m0/s1. The monoisotopic (exact) mass is 553 g/mol. The Morgan fingerprint density at radius 3 is 2.58 bits per heavy atom. The lowest BCUT2D eigenvalue weighted by molar-refractivity contribution is -0.141. The van der Waals surface area contributed by atoms with E-state index < -0.39 is 29.8 Å². The van der Waals surface area contributed by atoms with Gasteiger partial charge in [0.25, 0.3) is 5.91 Å². The van der Waals surface area contributed by atoms with Crippen molar-refractivity contribution >= 4 is 23.6 Å². The average Bonchev–Trinajstić information content (AvgIpc) is 2.91. The molecule has 0 radical (unpaired) electrons. The Balaban J connectivity index is 1.86. The second kappa shape index (κ2) is 15.0. The molecule has 2 aromatic rings. The van der Waals surface area contributed by atoms with Gasteiger partial charge in [-0.3, -0.25) is 24.2 Å². The smallest absolute Gasteiger partial charge is 0.258 e. The minimum absolute atomic E-state index is 0.101. The molecule has 11 heteroatoms. The first-order valence-electron chi connectivity index (χ1n) is 13.4.